The van der Waals surface area contributed by atoms with Gasteiger partial charge in [0.25, 0.3) is 0 Å². The molecule has 2 aliphatic rings. The van der Waals surface area contributed by atoms with Gasteiger partial charge in [-0.1, -0.05) is 18.2 Å². The molecule has 2 saturated heterocycles. The number of carbonyl (C=O) groups excluding carboxylic acids is 2. The number of piperidine rings is 1. The van der Waals surface area contributed by atoms with Crippen LogP contribution in [0.15, 0.2) is 24.3 Å². The maximum atomic E-state index is 12.3. The molecule has 2 aliphatic heterocycles. The van der Waals surface area contributed by atoms with Crippen LogP contribution in [0.3, 0.4) is 0 Å². The number of nitrogens with zero attached hydrogens (tertiary/aromatic N) is 2. The van der Waals surface area contributed by atoms with Crippen LogP contribution in [0.5, 0.6) is 0 Å². The molecular formula is C20H29N3O2. The Balaban J connectivity index is 1.39. The van der Waals surface area contributed by atoms with Gasteiger partial charge in [0.1, 0.15) is 0 Å². The number of carbonyl (C=O) groups is 2. The Morgan fingerprint density at radius 2 is 1.76 bits per heavy atom. The molecule has 25 heavy (non-hydrogen) atoms. The number of hydrogen-bond donors (Lipinski definition) is 1. The maximum absolute atomic E-state index is 12.3. The van der Waals surface area contributed by atoms with Gasteiger partial charge in [-0.2, -0.15) is 0 Å². The number of rotatable bonds is 5. The quantitative estimate of drug-likeness (QED) is 0.894. The lowest BCUT2D eigenvalue weighted by molar-refractivity contribution is -0.131. The summed E-state index contributed by atoms with van der Waals surface area (Å²) in [4.78, 5) is 28.7. The SMILES string of the molecule is Cc1ccccc1NC(=O)CN1CCC(CC(=O)N2CCCC2)CC1. The van der Waals surface area contributed by atoms with Crippen LogP contribution >= 0.6 is 0 Å². The molecule has 0 unspecified atom stereocenters. The zero-order valence-corrected chi connectivity index (χ0v) is 15.2. The number of amides is 2. The summed E-state index contributed by atoms with van der Waals surface area (Å²) >= 11 is 0. The van der Waals surface area contributed by atoms with Gasteiger partial charge in [-0.05, 0) is 63.2 Å². The van der Waals surface area contributed by atoms with E-state index in [1.165, 1.54) is 0 Å². The average Bonchev–Trinajstić information content (AvgIpc) is 3.13. The first-order valence-electron chi connectivity index (χ1n) is 9.47. The van der Waals surface area contributed by atoms with Crippen molar-refractivity contribution in [3.05, 3.63) is 29.8 Å². The molecule has 0 radical (unpaired) electrons. The van der Waals surface area contributed by atoms with Crippen LogP contribution in [0.2, 0.25) is 0 Å². The number of anilines is 1. The Kier molecular flexibility index (Phi) is 6.08. The lowest BCUT2D eigenvalue weighted by Crippen LogP contribution is -2.40. The summed E-state index contributed by atoms with van der Waals surface area (Å²) in [7, 11) is 0. The highest BCUT2D eigenvalue weighted by Crippen LogP contribution is 2.22. The van der Waals surface area contributed by atoms with E-state index >= 15 is 0 Å². The maximum Gasteiger partial charge on any atom is 0.238 e. The molecule has 1 N–H and O–H groups in total. The molecular weight excluding hydrogens is 314 g/mol. The highest BCUT2D eigenvalue weighted by molar-refractivity contribution is 5.92. The third-order valence-electron chi connectivity index (χ3n) is 5.42. The highest BCUT2D eigenvalue weighted by atomic mass is 16.2. The third kappa shape index (κ3) is 5.05. The monoisotopic (exact) mass is 343 g/mol. The Labute approximate surface area is 150 Å². The number of nitrogens with one attached hydrogen (secondary N) is 1. The van der Waals surface area contributed by atoms with Gasteiger partial charge >= 0.3 is 0 Å². The summed E-state index contributed by atoms with van der Waals surface area (Å²) in [6.07, 6.45) is 5.01. The Morgan fingerprint density at radius 1 is 1.08 bits per heavy atom. The zero-order valence-electron chi connectivity index (χ0n) is 15.2. The molecule has 5 heteroatoms. The van der Waals surface area contributed by atoms with Gasteiger partial charge in [0.15, 0.2) is 0 Å². The van der Waals surface area contributed by atoms with Crippen molar-refractivity contribution < 1.29 is 9.59 Å². The second kappa shape index (κ2) is 8.48. The molecule has 2 heterocycles. The topological polar surface area (TPSA) is 52.7 Å². The minimum absolute atomic E-state index is 0.0425. The van der Waals surface area contributed by atoms with Crippen molar-refractivity contribution in [1.29, 1.82) is 0 Å². The minimum atomic E-state index is 0.0425. The molecule has 0 aliphatic carbocycles. The molecule has 5 nitrogen and oxygen atoms in total. The van der Waals surface area contributed by atoms with Gasteiger partial charge in [0.2, 0.25) is 11.8 Å². The van der Waals surface area contributed by atoms with Crippen LogP contribution in [-0.4, -0.2) is 54.3 Å². The summed E-state index contributed by atoms with van der Waals surface area (Å²) < 4.78 is 0. The number of likely N-dealkylation sites (tertiary alicyclic amines) is 2. The zero-order chi connectivity index (χ0) is 17.6. The number of para-hydroxylation sites is 1. The van der Waals surface area contributed by atoms with Gasteiger partial charge in [0.05, 0.1) is 6.54 Å². The standard InChI is InChI=1S/C20H29N3O2/c1-16-6-2-3-7-18(16)21-19(24)15-22-12-8-17(9-13-22)14-20(25)23-10-4-5-11-23/h2-3,6-7,17H,4-5,8-15H2,1H3,(H,21,24). The molecule has 0 aromatic heterocycles. The number of aryl methyl sites for hydroxylation is 1. The van der Waals surface area contributed by atoms with Crippen LogP contribution in [0.4, 0.5) is 5.69 Å². The van der Waals surface area contributed by atoms with Crippen molar-refractivity contribution in [2.24, 2.45) is 5.92 Å². The first-order valence-corrected chi connectivity index (χ1v) is 9.47. The molecule has 0 atom stereocenters. The van der Waals surface area contributed by atoms with Crippen LogP contribution in [0.1, 0.15) is 37.7 Å². The second-order valence-corrected chi connectivity index (χ2v) is 7.37. The van der Waals surface area contributed by atoms with E-state index in [0.29, 0.717) is 24.8 Å². The van der Waals surface area contributed by atoms with Crippen molar-refractivity contribution >= 4 is 17.5 Å². The molecule has 0 spiro atoms. The summed E-state index contributed by atoms with van der Waals surface area (Å²) in [5, 5.41) is 3.00. The van der Waals surface area contributed by atoms with E-state index < -0.39 is 0 Å². The molecule has 2 amide bonds. The average molecular weight is 343 g/mol. The van der Waals surface area contributed by atoms with E-state index in [-0.39, 0.29) is 5.91 Å². The Bertz CT molecular complexity index is 603. The lowest BCUT2D eigenvalue weighted by atomic mass is 9.93. The molecule has 2 fully saturated rings. The fourth-order valence-electron chi connectivity index (χ4n) is 3.80. The largest absolute Gasteiger partial charge is 0.343 e. The van der Waals surface area contributed by atoms with Gasteiger partial charge in [-0.25, -0.2) is 0 Å². The van der Waals surface area contributed by atoms with E-state index in [9.17, 15) is 9.59 Å². The van der Waals surface area contributed by atoms with Crippen LogP contribution < -0.4 is 5.32 Å². The Hall–Kier alpha value is -1.88. The van der Waals surface area contributed by atoms with Crippen molar-refractivity contribution in [2.45, 2.75) is 39.0 Å². The smallest absolute Gasteiger partial charge is 0.238 e. The van der Waals surface area contributed by atoms with Gasteiger partial charge in [-0.15, -0.1) is 0 Å². The van der Waals surface area contributed by atoms with Gasteiger partial charge in [-0.3, -0.25) is 14.5 Å². The van der Waals surface area contributed by atoms with Crippen molar-refractivity contribution in [2.75, 3.05) is 38.0 Å². The fourth-order valence-corrected chi connectivity index (χ4v) is 3.80. The minimum Gasteiger partial charge on any atom is -0.343 e. The van der Waals surface area contributed by atoms with Crippen LogP contribution in [0, 0.1) is 12.8 Å². The second-order valence-electron chi connectivity index (χ2n) is 7.37. The summed E-state index contributed by atoms with van der Waals surface area (Å²) in [6.45, 7) is 6.12. The van der Waals surface area contributed by atoms with Crippen LogP contribution in [-0.2, 0) is 9.59 Å². The van der Waals surface area contributed by atoms with Crippen molar-refractivity contribution in [3.8, 4) is 0 Å². The first kappa shape index (κ1) is 17.9. The third-order valence-corrected chi connectivity index (χ3v) is 5.42. The van der Waals surface area contributed by atoms with Crippen molar-refractivity contribution in [1.82, 2.24) is 9.80 Å². The number of benzene rings is 1. The summed E-state index contributed by atoms with van der Waals surface area (Å²) in [5.41, 5.74) is 1.97. The molecule has 3 rings (SSSR count). The molecule has 0 saturated carbocycles. The Morgan fingerprint density at radius 3 is 2.44 bits per heavy atom. The van der Waals surface area contributed by atoms with E-state index in [1.807, 2.05) is 36.1 Å². The normalized spacial score (nSPS) is 19.2. The van der Waals surface area contributed by atoms with E-state index in [0.717, 1.165) is 63.1 Å². The summed E-state index contributed by atoms with van der Waals surface area (Å²) in [6, 6.07) is 7.84. The summed E-state index contributed by atoms with van der Waals surface area (Å²) in [5.74, 6) is 0.845. The fraction of sp³-hybridized carbons (Fsp3) is 0.600. The highest BCUT2D eigenvalue weighted by Gasteiger charge is 2.25. The lowest BCUT2D eigenvalue weighted by Gasteiger charge is -2.32. The van der Waals surface area contributed by atoms with Gasteiger partial charge < -0.3 is 10.2 Å². The predicted molar refractivity (Wildman–Crippen MR) is 99.4 cm³/mol. The molecule has 1 aromatic carbocycles. The molecule has 136 valence electrons. The molecule has 0 bridgehead atoms. The van der Waals surface area contributed by atoms with E-state index in [2.05, 4.69) is 10.2 Å². The number of hydrogen-bond acceptors (Lipinski definition) is 3. The predicted octanol–water partition coefficient (Wildman–Crippen LogP) is 2.66. The molecule has 1 aromatic rings. The van der Waals surface area contributed by atoms with Gasteiger partial charge in [0, 0.05) is 25.2 Å². The van der Waals surface area contributed by atoms with E-state index in [1.54, 1.807) is 0 Å². The van der Waals surface area contributed by atoms with Crippen LogP contribution in [0.25, 0.3) is 0 Å². The van der Waals surface area contributed by atoms with Crippen molar-refractivity contribution in [3.63, 3.8) is 0 Å². The first-order chi connectivity index (χ1) is 12.1. The van der Waals surface area contributed by atoms with E-state index in [4.69, 9.17) is 0 Å².